The lowest BCUT2D eigenvalue weighted by Gasteiger charge is -2.33. The lowest BCUT2D eigenvalue weighted by Crippen LogP contribution is -2.34. The quantitative estimate of drug-likeness (QED) is 0.764. The van der Waals surface area contributed by atoms with Gasteiger partial charge in [0.15, 0.2) is 0 Å². The molecule has 2 unspecified atom stereocenters. The summed E-state index contributed by atoms with van der Waals surface area (Å²) >= 11 is 6.13. The average Bonchev–Trinajstić information content (AvgIpc) is 2.82. The zero-order chi connectivity index (χ0) is 12.5. The van der Waals surface area contributed by atoms with Gasteiger partial charge in [0.25, 0.3) is 0 Å². The van der Waals surface area contributed by atoms with E-state index in [0.29, 0.717) is 16.6 Å². The highest BCUT2D eigenvalue weighted by atomic mass is 35.5. The van der Waals surface area contributed by atoms with Gasteiger partial charge in [0.05, 0.1) is 10.6 Å². The highest BCUT2D eigenvalue weighted by Gasteiger charge is 2.35. The summed E-state index contributed by atoms with van der Waals surface area (Å²) in [7, 11) is 0. The van der Waals surface area contributed by atoms with Gasteiger partial charge in [0.1, 0.15) is 6.07 Å². The van der Waals surface area contributed by atoms with Crippen molar-refractivity contribution in [3.8, 4) is 6.07 Å². The summed E-state index contributed by atoms with van der Waals surface area (Å²) in [5, 5.41) is 9.49. The van der Waals surface area contributed by atoms with Gasteiger partial charge in [0.2, 0.25) is 0 Å². The predicted molar refractivity (Wildman–Crippen MR) is 73.9 cm³/mol. The molecule has 0 radical (unpaired) electrons. The molecule has 2 aliphatic rings. The van der Waals surface area contributed by atoms with Crippen molar-refractivity contribution in [2.45, 2.75) is 38.1 Å². The summed E-state index contributed by atoms with van der Waals surface area (Å²) in [6.07, 6.45) is 6.74. The Balaban J connectivity index is 1.87. The monoisotopic (exact) mass is 260 g/mol. The predicted octanol–water partition coefficient (Wildman–Crippen LogP) is 3.98. The molecule has 0 N–H and O–H groups in total. The van der Waals surface area contributed by atoms with Gasteiger partial charge < -0.3 is 4.90 Å². The molecule has 0 spiro atoms. The topological polar surface area (TPSA) is 27.0 Å². The third-order valence-electron chi connectivity index (χ3n) is 4.41. The van der Waals surface area contributed by atoms with Crippen LogP contribution in [0.4, 0.5) is 5.69 Å². The first-order valence-corrected chi connectivity index (χ1v) is 7.13. The molecule has 1 aliphatic carbocycles. The van der Waals surface area contributed by atoms with E-state index in [2.05, 4.69) is 11.0 Å². The van der Waals surface area contributed by atoms with Crippen molar-refractivity contribution in [2.24, 2.45) is 5.92 Å². The molecule has 3 rings (SSSR count). The average molecular weight is 261 g/mol. The number of nitriles is 1. The number of fused-ring (bicyclic) bond motifs is 1. The van der Waals surface area contributed by atoms with Crippen LogP contribution in [0.25, 0.3) is 0 Å². The summed E-state index contributed by atoms with van der Waals surface area (Å²) < 4.78 is 0. The molecular weight excluding hydrogens is 244 g/mol. The first-order chi connectivity index (χ1) is 8.79. The molecule has 1 aromatic rings. The summed E-state index contributed by atoms with van der Waals surface area (Å²) in [6, 6.07) is 8.66. The Kier molecular flexibility index (Phi) is 3.18. The van der Waals surface area contributed by atoms with Gasteiger partial charge in [-0.2, -0.15) is 5.26 Å². The van der Waals surface area contributed by atoms with Gasteiger partial charge >= 0.3 is 0 Å². The van der Waals surface area contributed by atoms with Crippen molar-refractivity contribution in [3.05, 3.63) is 28.8 Å². The highest BCUT2D eigenvalue weighted by molar-refractivity contribution is 6.32. The third kappa shape index (κ3) is 1.97. The second kappa shape index (κ2) is 4.82. The standard InChI is InChI=1S/C15H17ClN2/c16-14-9-13(6-5-12(14)10-17)18-8-7-11-3-1-2-4-15(11)18/h5-6,9,11,15H,1-4,7-8H2. The van der Waals surface area contributed by atoms with Gasteiger partial charge in [-0.25, -0.2) is 0 Å². The SMILES string of the molecule is N#Cc1ccc(N2CCC3CCCCC32)cc1Cl. The van der Waals surface area contributed by atoms with Gasteiger partial charge in [-0.1, -0.05) is 24.4 Å². The fraction of sp³-hybridized carbons (Fsp3) is 0.533. The van der Waals surface area contributed by atoms with Crippen LogP contribution in [0.3, 0.4) is 0 Å². The number of hydrogen-bond donors (Lipinski definition) is 0. The third-order valence-corrected chi connectivity index (χ3v) is 4.73. The molecule has 2 atom stereocenters. The van der Waals surface area contributed by atoms with Crippen LogP contribution in [0.15, 0.2) is 18.2 Å². The number of hydrogen-bond acceptors (Lipinski definition) is 2. The Hall–Kier alpha value is -1.20. The molecule has 0 amide bonds. The largest absolute Gasteiger partial charge is 0.368 e. The molecule has 1 aromatic carbocycles. The molecular formula is C15H17ClN2. The van der Waals surface area contributed by atoms with Crippen LogP contribution >= 0.6 is 11.6 Å². The van der Waals surface area contributed by atoms with Crippen LogP contribution in [0.5, 0.6) is 0 Å². The van der Waals surface area contributed by atoms with Crippen LogP contribution in [0.1, 0.15) is 37.7 Å². The molecule has 0 aromatic heterocycles. The Morgan fingerprint density at radius 1 is 1.22 bits per heavy atom. The zero-order valence-electron chi connectivity index (χ0n) is 10.4. The maximum Gasteiger partial charge on any atom is 0.101 e. The molecule has 1 aliphatic heterocycles. The number of rotatable bonds is 1. The van der Waals surface area contributed by atoms with Crippen molar-refractivity contribution in [1.29, 1.82) is 5.26 Å². The second-order valence-electron chi connectivity index (χ2n) is 5.37. The van der Waals surface area contributed by atoms with E-state index >= 15 is 0 Å². The first kappa shape index (κ1) is 11.9. The Morgan fingerprint density at radius 2 is 2.06 bits per heavy atom. The molecule has 2 fully saturated rings. The van der Waals surface area contributed by atoms with Crippen molar-refractivity contribution < 1.29 is 0 Å². The minimum atomic E-state index is 0.569. The van der Waals surface area contributed by atoms with E-state index in [-0.39, 0.29) is 0 Å². The Morgan fingerprint density at radius 3 is 2.83 bits per heavy atom. The molecule has 2 nitrogen and oxygen atoms in total. The van der Waals surface area contributed by atoms with Crippen LogP contribution in [0, 0.1) is 17.2 Å². The van der Waals surface area contributed by atoms with E-state index in [1.165, 1.54) is 37.8 Å². The van der Waals surface area contributed by atoms with Crippen molar-refractivity contribution in [3.63, 3.8) is 0 Å². The van der Waals surface area contributed by atoms with E-state index in [9.17, 15) is 0 Å². The van der Waals surface area contributed by atoms with Gasteiger partial charge in [-0.05, 0) is 43.4 Å². The normalized spacial score (nSPS) is 26.8. The smallest absolute Gasteiger partial charge is 0.101 e. The molecule has 1 saturated carbocycles. The van der Waals surface area contributed by atoms with E-state index < -0.39 is 0 Å². The summed E-state index contributed by atoms with van der Waals surface area (Å²) in [5.41, 5.74) is 1.76. The maximum atomic E-state index is 8.91. The zero-order valence-corrected chi connectivity index (χ0v) is 11.2. The molecule has 18 heavy (non-hydrogen) atoms. The maximum absolute atomic E-state index is 8.91. The fourth-order valence-electron chi connectivity index (χ4n) is 3.50. The van der Waals surface area contributed by atoms with E-state index in [1.807, 2.05) is 18.2 Å². The number of benzene rings is 1. The first-order valence-electron chi connectivity index (χ1n) is 6.76. The van der Waals surface area contributed by atoms with Gasteiger partial charge in [-0.15, -0.1) is 0 Å². The minimum Gasteiger partial charge on any atom is -0.368 e. The summed E-state index contributed by atoms with van der Waals surface area (Å²) in [6.45, 7) is 1.14. The van der Waals surface area contributed by atoms with Crippen LogP contribution in [-0.2, 0) is 0 Å². The highest BCUT2D eigenvalue weighted by Crippen LogP contribution is 2.39. The van der Waals surface area contributed by atoms with Gasteiger partial charge in [-0.3, -0.25) is 0 Å². The molecule has 1 saturated heterocycles. The Labute approximate surface area is 113 Å². The summed E-state index contributed by atoms with van der Waals surface area (Å²) in [5.74, 6) is 0.869. The number of halogens is 1. The van der Waals surface area contributed by atoms with E-state index in [0.717, 1.165) is 12.5 Å². The van der Waals surface area contributed by atoms with Gasteiger partial charge in [0, 0.05) is 18.3 Å². The summed E-state index contributed by atoms with van der Waals surface area (Å²) in [4.78, 5) is 2.50. The molecule has 1 heterocycles. The molecule has 0 bridgehead atoms. The van der Waals surface area contributed by atoms with Crippen molar-refractivity contribution in [2.75, 3.05) is 11.4 Å². The second-order valence-corrected chi connectivity index (χ2v) is 5.78. The fourth-order valence-corrected chi connectivity index (χ4v) is 3.72. The lowest BCUT2D eigenvalue weighted by atomic mass is 9.85. The molecule has 94 valence electrons. The van der Waals surface area contributed by atoms with Crippen LogP contribution in [0.2, 0.25) is 5.02 Å². The number of nitrogens with zero attached hydrogens (tertiary/aromatic N) is 2. The van der Waals surface area contributed by atoms with E-state index in [1.54, 1.807) is 0 Å². The Bertz CT molecular complexity index is 492. The van der Waals surface area contributed by atoms with E-state index in [4.69, 9.17) is 16.9 Å². The van der Waals surface area contributed by atoms with Crippen LogP contribution in [-0.4, -0.2) is 12.6 Å². The minimum absolute atomic E-state index is 0.569. The molecule has 3 heteroatoms. The lowest BCUT2D eigenvalue weighted by molar-refractivity contribution is 0.342. The number of anilines is 1. The van der Waals surface area contributed by atoms with Crippen LogP contribution < -0.4 is 4.90 Å². The van der Waals surface area contributed by atoms with Crippen molar-refractivity contribution in [1.82, 2.24) is 0 Å². The van der Waals surface area contributed by atoms with Crippen molar-refractivity contribution >= 4 is 17.3 Å².